The van der Waals surface area contributed by atoms with Gasteiger partial charge in [0, 0.05) is 23.0 Å². The van der Waals surface area contributed by atoms with Crippen molar-refractivity contribution in [3.8, 4) is 5.69 Å². The lowest BCUT2D eigenvalue weighted by molar-refractivity contribution is 0.0994. The predicted octanol–water partition coefficient (Wildman–Crippen LogP) is 1.71. The highest BCUT2D eigenvalue weighted by Crippen LogP contribution is 2.23. The van der Waals surface area contributed by atoms with E-state index in [1.165, 1.54) is 0 Å². The van der Waals surface area contributed by atoms with Crippen molar-refractivity contribution in [1.29, 1.82) is 0 Å². The molecule has 3 rings (SSSR count). The number of amides is 1. The van der Waals surface area contributed by atoms with Crippen LogP contribution in [0, 0.1) is 0 Å². The molecule has 0 saturated carbocycles. The number of anilines is 1. The van der Waals surface area contributed by atoms with Gasteiger partial charge in [-0.2, -0.15) is 0 Å². The molecule has 2 heterocycles. The van der Waals surface area contributed by atoms with Crippen molar-refractivity contribution in [3.05, 3.63) is 54.4 Å². The number of hydrogen-bond acceptors (Lipinski definition) is 3. The highest BCUT2D eigenvalue weighted by Gasteiger charge is 2.14. The summed E-state index contributed by atoms with van der Waals surface area (Å²) in [5, 5.41) is 0.869. The van der Waals surface area contributed by atoms with Gasteiger partial charge in [-0.3, -0.25) is 9.36 Å². The predicted molar refractivity (Wildman–Crippen MR) is 74.0 cm³/mol. The van der Waals surface area contributed by atoms with Gasteiger partial charge >= 0.3 is 0 Å². The van der Waals surface area contributed by atoms with Crippen molar-refractivity contribution in [2.45, 2.75) is 0 Å². The molecule has 0 radical (unpaired) electrons. The minimum Gasteiger partial charge on any atom is -0.399 e. The Hall–Kier alpha value is -2.82. The molecule has 0 saturated heterocycles. The minimum absolute atomic E-state index is 0.401. The Balaban J connectivity index is 2.34. The molecule has 0 bridgehead atoms. The second-order valence-electron chi connectivity index (χ2n) is 4.24. The lowest BCUT2D eigenvalue weighted by atomic mass is 10.2. The van der Waals surface area contributed by atoms with Crippen LogP contribution < -0.4 is 11.5 Å². The molecule has 5 nitrogen and oxygen atoms in total. The molecule has 5 heteroatoms. The SMILES string of the molecule is NC(=O)c1cc2cccnc2n1-c1ccc(N)cc1. The van der Waals surface area contributed by atoms with E-state index in [1.807, 2.05) is 24.3 Å². The molecular formula is C14H12N4O. The van der Waals surface area contributed by atoms with Crippen molar-refractivity contribution in [2.75, 3.05) is 5.73 Å². The number of pyridine rings is 1. The highest BCUT2D eigenvalue weighted by molar-refractivity contribution is 5.98. The first-order valence-corrected chi connectivity index (χ1v) is 5.79. The van der Waals surface area contributed by atoms with Crippen LogP contribution in [0.25, 0.3) is 16.7 Å². The number of benzene rings is 1. The fourth-order valence-corrected chi connectivity index (χ4v) is 2.10. The smallest absolute Gasteiger partial charge is 0.265 e. The molecule has 1 amide bonds. The Kier molecular flexibility index (Phi) is 2.45. The zero-order valence-electron chi connectivity index (χ0n) is 10.1. The molecule has 0 aliphatic heterocycles. The zero-order valence-corrected chi connectivity index (χ0v) is 10.1. The maximum atomic E-state index is 11.6. The van der Waals surface area contributed by atoms with Gasteiger partial charge in [-0.15, -0.1) is 0 Å². The van der Waals surface area contributed by atoms with Crippen LogP contribution in [0.4, 0.5) is 5.69 Å². The minimum atomic E-state index is -0.491. The van der Waals surface area contributed by atoms with E-state index in [-0.39, 0.29) is 0 Å². The molecule has 0 spiro atoms. The van der Waals surface area contributed by atoms with E-state index in [0.717, 1.165) is 11.1 Å². The number of rotatable bonds is 2. The monoisotopic (exact) mass is 252 g/mol. The summed E-state index contributed by atoms with van der Waals surface area (Å²) in [6.45, 7) is 0. The third kappa shape index (κ3) is 1.81. The summed E-state index contributed by atoms with van der Waals surface area (Å²) in [7, 11) is 0. The molecular weight excluding hydrogens is 240 g/mol. The summed E-state index contributed by atoms with van der Waals surface area (Å²) in [6, 6.07) is 12.7. The second kappa shape index (κ2) is 4.13. The van der Waals surface area contributed by atoms with Gasteiger partial charge in [0.15, 0.2) is 0 Å². The Morgan fingerprint density at radius 3 is 2.58 bits per heavy atom. The van der Waals surface area contributed by atoms with Crippen LogP contribution in [-0.2, 0) is 0 Å². The van der Waals surface area contributed by atoms with Gasteiger partial charge in [0.25, 0.3) is 5.91 Å². The van der Waals surface area contributed by atoms with Gasteiger partial charge in [0.05, 0.1) is 0 Å². The summed E-state index contributed by atoms with van der Waals surface area (Å²) in [4.78, 5) is 15.9. The third-order valence-corrected chi connectivity index (χ3v) is 2.97. The number of hydrogen-bond donors (Lipinski definition) is 2. The molecule has 94 valence electrons. The Labute approximate surface area is 109 Å². The van der Waals surface area contributed by atoms with Crippen LogP contribution in [0.3, 0.4) is 0 Å². The first-order valence-electron chi connectivity index (χ1n) is 5.79. The second-order valence-corrected chi connectivity index (χ2v) is 4.24. The van der Waals surface area contributed by atoms with Crippen molar-refractivity contribution in [2.24, 2.45) is 5.73 Å². The first-order chi connectivity index (χ1) is 9.16. The van der Waals surface area contributed by atoms with Gasteiger partial charge in [-0.1, -0.05) is 0 Å². The van der Waals surface area contributed by atoms with Crippen molar-refractivity contribution < 1.29 is 4.79 Å². The summed E-state index contributed by atoms with van der Waals surface area (Å²) < 4.78 is 1.73. The summed E-state index contributed by atoms with van der Waals surface area (Å²) >= 11 is 0. The summed E-state index contributed by atoms with van der Waals surface area (Å²) in [6.07, 6.45) is 1.68. The van der Waals surface area contributed by atoms with E-state index in [0.29, 0.717) is 17.0 Å². The molecule has 2 aromatic heterocycles. The van der Waals surface area contributed by atoms with E-state index in [1.54, 1.807) is 29.0 Å². The summed E-state index contributed by atoms with van der Waals surface area (Å²) in [5.41, 5.74) is 13.7. The van der Waals surface area contributed by atoms with E-state index in [2.05, 4.69) is 4.98 Å². The topological polar surface area (TPSA) is 86.9 Å². The van der Waals surface area contributed by atoms with Crippen LogP contribution in [0.5, 0.6) is 0 Å². The van der Waals surface area contributed by atoms with Crippen molar-refractivity contribution >= 4 is 22.6 Å². The molecule has 4 N–H and O–H groups in total. The molecule has 1 aromatic carbocycles. The van der Waals surface area contributed by atoms with E-state index < -0.39 is 5.91 Å². The Bertz CT molecular complexity index is 759. The molecule has 19 heavy (non-hydrogen) atoms. The van der Waals surface area contributed by atoms with Crippen LogP contribution in [0.1, 0.15) is 10.5 Å². The van der Waals surface area contributed by atoms with E-state index >= 15 is 0 Å². The normalized spacial score (nSPS) is 10.7. The average molecular weight is 252 g/mol. The maximum absolute atomic E-state index is 11.6. The van der Waals surface area contributed by atoms with E-state index in [4.69, 9.17) is 11.5 Å². The van der Waals surface area contributed by atoms with Crippen LogP contribution >= 0.6 is 0 Å². The fraction of sp³-hybridized carbons (Fsp3) is 0. The van der Waals surface area contributed by atoms with E-state index in [9.17, 15) is 4.79 Å². The van der Waals surface area contributed by atoms with Gasteiger partial charge in [0.2, 0.25) is 0 Å². The zero-order chi connectivity index (χ0) is 13.4. The van der Waals surface area contributed by atoms with Gasteiger partial charge in [-0.05, 0) is 42.5 Å². The number of carbonyl (C=O) groups excluding carboxylic acids is 1. The Morgan fingerprint density at radius 2 is 1.89 bits per heavy atom. The van der Waals surface area contributed by atoms with Gasteiger partial charge in [0.1, 0.15) is 11.3 Å². The lowest BCUT2D eigenvalue weighted by Gasteiger charge is -2.08. The largest absolute Gasteiger partial charge is 0.399 e. The number of nitrogen functional groups attached to an aromatic ring is 1. The molecule has 3 aromatic rings. The number of carbonyl (C=O) groups is 1. The molecule has 0 aliphatic rings. The van der Waals surface area contributed by atoms with Crippen molar-refractivity contribution in [3.63, 3.8) is 0 Å². The van der Waals surface area contributed by atoms with Crippen LogP contribution in [0.15, 0.2) is 48.7 Å². The quantitative estimate of drug-likeness (QED) is 0.680. The lowest BCUT2D eigenvalue weighted by Crippen LogP contribution is -2.16. The molecule has 0 aliphatic carbocycles. The molecule has 0 fully saturated rings. The summed E-state index contributed by atoms with van der Waals surface area (Å²) in [5.74, 6) is -0.491. The average Bonchev–Trinajstić information content (AvgIpc) is 2.79. The molecule has 0 atom stereocenters. The number of fused-ring (bicyclic) bond motifs is 1. The first kappa shape index (κ1) is 11.3. The third-order valence-electron chi connectivity index (χ3n) is 2.97. The standard InChI is InChI=1S/C14H12N4O/c15-10-3-5-11(6-4-10)18-12(13(16)19)8-9-2-1-7-17-14(9)18/h1-8H,15H2,(H2,16,19). The van der Waals surface area contributed by atoms with Crippen LogP contribution in [0.2, 0.25) is 0 Å². The number of nitrogens with zero attached hydrogens (tertiary/aromatic N) is 2. The van der Waals surface area contributed by atoms with Crippen LogP contribution in [-0.4, -0.2) is 15.5 Å². The van der Waals surface area contributed by atoms with Crippen molar-refractivity contribution in [1.82, 2.24) is 9.55 Å². The maximum Gasteiger partial charge on any atom is 0.265 e. The fourth-order valence-electron chi connectivity index (χ4n) is 2.10. The van der Waals surface area contributed by atoms with Gasteiger partial charge in [-0.25, -0.2) is 4.98 Å². The number of aromatic nitrogens is 2. The van der Waals surface area contributed by atoms with Gasteiger partial charge < -0.3 is 11.5 Å². The molecule has 0 unspecified atom stereocenters. The number of primary amides is 1. The highest BCUT2D eigenvalue weighted by atomic mass is 16.1. The number of nitrogens with two attached hydrogens (primary N) is 2. The Morgan fingerprint density at radius 1 is 1.16 bits per heavy atom.